The van der Waals surface area contributed by atoms with Crippen LogP contribution in [0.3, 0.4) is 0 Å². The van der Waals surface area contributed by atoms with E-state index in [0.29, 0.717) is 24.6 Å². The number of halogens is 1. The number of carbonyl (C=O) groups excluding carboxylic acids is 1. The molecule has 1 saturated carbocycles. The van der Waals surface area contributed by atoms with Crippen molar-refractivity contribution >= 4 is 17.5 Å². The van der Waals surface area contributed by atoms with Gasteiger partial charge in [-0.05, 0) is 38.0 Å². The van der Waals surface area contributed by atoms with E-state index in [-0.39, 0.29) is 22.2 Å². The van der Waals surface area contributed by atoms with Gasteiger partial charge in [0.1, 0.15) is 12.1 Å². The van der Waals surface area contributed by atoms with Crippen molar-refractivity contribution < 1.29 is 9.90 Å². The molecule has 0 spiro atoms. The maximum absolute atomic E-state index is 12.8. The molecule has 29 heavy (non-hydrogen) atoms. The van der Waals surface area contributed by atoms with E-state index in [1.807, 2.05) is 0 Å². The molecule has 3 rings (SSSR count). The van der Waals surface area contributed by atoms with Gasteiger partial charge in [0.25, 0.3) is 5.91 Å². The molecule has 1 aromatic carbocycles. The zero-order chi connectivity index (χ0) is 21.0. The molecule has 1 aromatic heterocycles. The molecule has 1 heterocycles. The Labute approximate surface area is 174 Å². The number of aryl methyl sites for hydroxylation is 1. The number of benzene rings is 1. The molecule has 1 aliphatic carbocycles. The highest BCUT2D eigenvalue weighted by atomic mass is 35.5. The van der Waals surface area contributed by atoms with Crippen LogP contribution in [0.2, 0.25) is 5.02 Å². The minimum absolute atomic E-state index is 0.0423. The average Bonchev–Trinajstić information content (AvgIpc) is 2.89. The topological polar surface area (TPSA) is 115 Å². The lowest BCUT2D eigenvalue weighted by Crippen LogP contribution is -2.40. The standard InChI is InChI=1S/C20H28ClN5O3/c1-13-24-26(20(29)25(13)11-10-22)15-8-9-17(21)16(12-15)19(28)23-18(27)14-6-4-2-3-5-7-14/h8-9,12,14,18,27H,2-7,10-11,22H2,1H3,(H,23,28). The van der Waals surface area contributed by atoms with Crippen molar-refractivity contribution in [2.75, 3.05) is 6.54 Å². The first kappa shape index (κ1) is 21.5. The van der Waals surface area contributed by atoms with Crippen molar-refractivity contribution in [2.45, 2.75) is 58.2 Å². The highest BCUT2D eigenvalue weighted by Crippen LogP contribution is 2.25. The van der Waals surface area contributed by atoms with Crippen molar-refractivity contribution in [2.24, 2.45) is 11.7 Å². The Balaban J connectivity index is 1.83. The number of nitrogens with zero attached hydrogens (tertiary/aromatic N) is 3. The summed E-state index contributed by atoms with van der Waals surface area (Å²) in [6.45, 7) is 2.40. The number of aromatic nitrogens is 3. The van der Waals surface area contributed by atoms with E-state index in [9.17, 15) is 14.7 Å². The second-order valence-electron chi connectivity index (χ2n) is 7.52. The van der Waals surface area contributed by atoms with E-state index in [0.717, 1.165) is 38.5 Å². The van der Waals surface area contributed by atoms with Gasteiger partial charge in [-0.3, -0.25) is 9.36 Å². The summed E-state index contributed by atoms with van der Waals surface area (Å²) in [4.78, 5) is 25.4. The van der Waals surface area contributed by atoms with Crippen LogP contribution in [0.5, 0.6) is 0 Å². The monoisotopic (exact) mass is 421 g/mol. The summed E-state index contributed by atoms with van der Waals surface area (Å²) in [6, 6.07) is 4.69. The molecule has 1 fully saturated rings. The highest BCUT2D eigenvalue weighted by molar-refractivity contribution is 6.33. The average molecular weight is 422 g/mol. The Bertz CT molecular complexity index is 915. The number of amides is 1. The van der Waals surface area contributed by atoms with Gasteiger partial charge in [0.15, 0.2) is 0 Å². The number of nitrogens with two attached hydrogens (primary N) is 1. The molecule has 1 amide bonds. The summed E-state index contributed by atoms with van der Waals surface area (Å²) in [5.41, 5.74) is 5.84. The summed E-state index contributed by atoms with van der Waals surface area (Å²) in [5.74, 6) is 0.102. The van der Waals surface area contributed by atoms with E-state index < -0.39 is 12.1 Å². The molecular formula is C20H28ClN5O3. The van der Waals surface area contributed by atoms with E-state index >= 15 is 0 Å². The lowest BCUT2D eigenvalue weighted by molar-refractivity contribution is 0.0532. The number of rotatable bonds is 6. The fourth-order valence-corrected chi connectivity index (χ4v) is 4.03. The van der Waals surface area contributed by atoms with Gasteiger partial charge in [-0.1, -0.05) is 37.3 Å². The van der Waals surface area contributed by atoms with Crippen LogP contribution in [-0.4, -0.2) is 38.1 Å². The fourth-order valence-electron chi connectivity index (χ4n) is 3.82. The molecule has 9 heteroatoms. The smallest absolute Gasteiger partial charge is 0.350 e. The van der Waals surface area contributed by atoms with Gasteiger partial charge < -0.3 is 16.2 Å². The number of hydrogen-bond acceptors (Lipinski definition) is 5. The van der Waals surface area contributed by atoms with Crippen LogP contribution in [0.1, 0.15) is 54.7 Å². The van der Waals surface area contributed by atoms with Crippen LogP contribution >= 0.6 is 11.6 Å². The molecule has 0 bridgehead atoms. The predicted molar refractivity (Wildman–Crippen MR) is 111 cm³/mol. The molecule has 4 N–H and O–H groups in total. The third kappa shape index (κ3) is 4.88. The third-order valence-electron chi connectivity index (χ3n) is 5.46. The second-order valence-corrected chi connectivity index (χ2v) is 7.92. The van der Waals surface area contributed by atoms with E-state index in [4.69, 9.17) is 17.3 Å². The molecule has 1 aliphatic rings. The third-order valence-corrected chi connectivity index (χ3v) is 5.79. The van der Waals surface area contributed by atoms with Crippen LogP contribution in [-0.2, 0) is 6.54 Å². The zero-order valence-corrected chi connectivity index (χ0v) is 17.4. The minimum atomic E-state index is -0.922. The lowest BCUT2D eigenvalue weighted by Gasteiger charge is -2.22. The number of carbonyl (C=O) groups is 1. The molecule has 1 atom stereocenters. The summed E-state index contributed by atoms with van der Waals surface area (Å²) in [6.07, 6.45) is 5.30. The number of aliphatic hydroxyl groups is 1. The Morgan fingerprint density at radius 3 is 2.69 bits per heavy atom. The highest BCUT2D eigenvalue weighted by Gasteiger charge is 2.24. The van der Waals surface area contributed by atoms with Crippen molar-refractivity contribution in [3.8, 4) is 5.69 Å². The first-order valence-electron chi connectivity index (χ1n) is 10.1. The molecule has 0 saturated heterocycles. The number of hydrogen-bond donors (Lipinski definition) is 3. The van der Waals surface area contributed by atoms with Gasteiger partial charge in [0.05, 0.1) is 16.3 Å². The van der Waals surface area contributed by atoms with Crippen molar-refractivity contribution in [3.05, 3.63) is 45.1 Å². The van der Waals surface area contributed by atoms with Crippen LogP contribution in [0.15, 0.2) is 23.0 Å². The van der Waals surface area contributed by atoms with Crippen molar-refractivity contribution in [1.82, 2.24) is 19.7 Å². The normalized spacial score (nSPS) is 16.4. The Morgan fingerprint density at radius 1 is 1.34 bits per heavy atom. The SMILES string of the molecule is Cc1nn(-c2ccc(Cl)c(C(=O)NC(O)C3CCCCCC3)c2)c(=O)n1CCN. The van der Waals surface area contributed by atoms with Crippen molar-refractivity contribution in [3.63, 3.8) is 0 Å². The van der Waals surface area contributed by atoms with Gasteiger partial charge in [-0.15, -0.1) is 0 Å². The van der Waals surface area contributed by atoms with Crippen LogP contribution in [0.25, 0.3) is 5.69 Å². The number of nitrogens with one attached hydrogen (secondary N) is 1. The largest absolute Gasteiger partial charge is 0.373 e. The van der Waals surface area contributed by atoms with Gasteiger partial charge in [-0.2, -0.15) is 9.78 Å². The van der Waals surface area contributed by atoms with Gasteiger partial charge in [-0.25, -0.2) is 4.79 Å². The Hall–Kier alpha value is -2.16. The first-order valence-corrected chi connectivity index (χ1v) is 10.5. The van der Waals surface area contributed by atoms with Crippen LogP contribution < -0.4 is 16.7 Å². The molecular weight excluding hydrogens is 394 g/mol. The molecule has 2 aromatic rings. The van der Waals surface area contributed by atoms with E-state index in [1.165, 1.54) is 15.3 Å². The molecule has 0 radical (unpaired) electrons. The second kappa shape index (κ2) is 9.56. The van der Waals surface area contributed by atoms with E-state index in [2.05, 4.69) is 10.4 Å². The van der Waals surface area contributed by atoms with Gasteiger partial charge in [0, 0.05) is 19.0 Å². The molecule has 158 valence electrons. The maximum atomic E-state index is 12.8. The van der Waals surface area contributed by atoms with Crippen LogP contribution in [0.4, 0.5) is 0 Å². The number of aliphatic hydroxyl groups excluding tert-OH is 1. The summed E-state index contributed by atoms with van der Waals surface area (Å²) in [7, 11) is 0. The van der Waals surface area contributed by atoms with E-state index in [1.54, 1.807) is 19.1 Å². The maximum Gasteiger partial charge on any atom is 0.350 e. The Morgan fingerprint density at radius 2 is 2.03 bits per heavy atom. The lowest BCUT2D eigenvalue weighted by atomic mass is 9.98. The fraction of sp³-hybridized carbons (Fsp3) is 0.550. The van der Waals surface area contributed by atoms with Crippen molar-refractivity contribution in [1.29, 1.82) is 0 Å². The summed E-state index contributed by atoms with van der Waals surface area (Å²) in [5, 5.41) is 17.7. The molecule has 1 unspecified atom stereocenters. The van der Waals surface area contributed by atoms with Gasteiger partial charge in [0.2, 0.25) is 0 Å². The summed E-state index contributed by atoms with van der Waals surface area (Å²) >= 11 is 6.23. The molecule has 0 aliphatic heterocycles. The zero-order valence-electron chi connectivity index (χ0n) is 16.6. The predicted octanol–water partition coefficient (Wildman–Crippen LogP) is 1.97. The Kier molecular flexibility index (Phi) is 7.10. The molecule has 8 nitrogen and oxygen atoms in total. The quantitative estimate of drug-likeness (QED) is 0.487. The van der Waals surface area contributed by atoms with Gasteiger partial charge >= 0.3 is 5.69 Å². The summed E-state index contributed by atoms with van der Waals surface area (Å²) < 4.78 is 2.70. The van der Waals surface area contributed by atoms with Crippen LogP contribution in [0, 0.1) is 12.8 Å². The minimum Gasteiger partial charge on any atom is -0.373 e. The first-order chi connectivity index (χ1) is 13.9.